The second-order valence-corrected chi connectivity index (χ2v) is 8.25. The Morgan fingerprint density at radius 3 is 1.90 bits per heavy atom. The lowest BCUT2D eigenvalue weighted by Gasteiger charge is -2.58. The van der Waals surface area contributed by atoms with Gasteiger partial charge in [0.1, 0.15) is 0 Å². The Balaban J connectivity index is 1.40. The molecule has 0 aromatic heterocycles. The minimum absolute atomic E-state index is 0.788. The van der Waals surface area contributed by atoms with E-state index in [9.17, 15) is 0 Å². The van der Waals surface area contributed by atoms with Crippen molar-refractivity contribution in [1.82, 2.24) is 9.80 Å². The van der Waals surface area contributed by atoms with Crippen LogP contribution in [0.5, 0.6) is 0 Å². The van der Waals surface area contributed by atoms with Crippen molar-refractivity contribution >= 4 is 0 Å². The van der Waals surface area contributed by atoms with E-state index in [1.807, 2.05) is 0 Å². The zero-order valence-corrected chi connectivity index (χ0v) is 13.4. The molecule has 2 heteroatoms. The van der Waals surface area contributed by atoms with Crippen molar-refractivity contribution in [3.8, 4) is 0 Å². The Hall–Kier alpha value is -0.0800. The maximum atomic E-state index is 2.91. The molecule has 20 heavy (non-hydrogen) atoms. The lowest BCUT2D eigenvalue weighted by molar-refractivity contribution is -0.0787. The van der Waals surface area contributed by atoms with Crippen molar-refractivity contribution in [2.45, 2.75) is 64.5 Å². The van der Waals surface area contributed by atoms with E-state index in [0.29, 0.717) is 0 Å². The summed E-state index contributed by atoms with van der Waals surface area (Å²) < 4.78 is 0. The Morgan fingerprint density at radius 2 is 1.40 bits per heavy atom. The summed E-state index contributed by atoms with van der Waals surface area (Å²) in [6.45, 7) is 10.1. The van der Waals surface area contributed by atoms with Gasteiger partial charge in [0.2, 0.25) is 0 Å². The van der Waals surface area contributed by atoms with Gasteiger partial charge in [0.05, 0.1) is 0 Å². The summed E-state index contributed by atoms with van der Waals surface area (Å²) in [5, 5.41) is 0. The van der Waals surface area contributed by atoms with Crippen LogP contribution >= 0.6 is 0 Å². The van der Waals surface area contributed by atoms with Crippen molar-refractivity contribution < 1.29 is 0 Å². The lowest BCUT2D eigenvalue weighted by atomic mass is 9.54. The highest BCUT2D eigenvalue weighted by Gasteiger charge is 2.50. The molecule has 0 N–H and O–H groups in total. The third-order valence-corrected chi connectivity index (χ3v) is 7.16. The van der Waals surface area contributed by atoms with Crippen LogP contribution in [0.25, 0.3) is 0 Å². The van der Waals surface area contributed by atoms with Gasteiger partial charge < -0.3 is 0 Å². The van der Waals surface area contributed by atoms with Crippen molar-refractivity contribution in [3.05, 3.63) is 0 Å². The Labute approximate surface area is 124 Å². The van der Waals surface area contributed by atoms with Gasteiger partial charge in [0.15, 0.2) is 0 Å². The SMILES string of the molecule is CCC(C)N1CCN(C2C3CC4CC(C3)CC2C4)CC1. The van der Waals surface area contributed by atoms with Gasteiger partial charge in [-0.3, -0.25) is 9.80 Å². The second kappa shape index (κ2) is 5.28. The van der Waals surface area contributed by atoms with Gasteiger partial charge in [-0.15, -0.1) is 0 Å². The number of rotatable bonds is 3. The van der Waals surface area contributed by atoms with E-state index in [1.165, 1.54) is 32.6 Å². The standard InChI is InChI=1S/C18H32N2/c1-3-13(2)19-4-6-20(7-5-19)18-16-9-14-8-15(11-16)12-17(18)10-14/h13-18H,3-12H2,1-2H3. The van der Waals surface area contributed by atoms with E-state index in [4.69, 9.17) is 0 Å². The topological polar surface area (TPSA) is 6.48 Å². The van der Waals surface area contributed by atoms with Crippen molar-refractivity contribution in [2.24, 2.45) is 23.7 Å². The molecule has 4 bridgehead atoms. The molecule has 0 amide bonds. The summed E-state index contributed by atoms with van der Waals surface area (Å²) in [6, 6.07) is 1.76. The summed E-state index contributed by atoms with van der Waals surface area (Å²) in [7, 11) is 0. The molecule has 4 aliphatic carbocycles. The normalized spacial score (nSPS) is 46.8. The maximum Gasteiger partial charge on any atom is 0.0153 e. The van der Waals surface area contributed by atoms with E-state index in [2.05, 4.69) is 23.6 Å². The van der Waals surface area contributed by atoms with E-state index in [1.54, 1.807) is 32.1 Å². The largest absolute Gasteiger partial charge is 0.298 e. The van der Waals surface area contributed by atoms with Crippen LogP contribution in [0.1, 0.15) is 52.4 Å². The van der Waals surface area contributed by atoms with Crippen LogP contribution in [0, 0.1) is 23.7 Å². The average molecular weight is 276 g/mol. The fourth-order valence-electron chi connectivity index (χ4n) is 6.23. The highest BCUT2D eigenvalue weighted by molar-refractivity contribution is 5.02. The average Bonchev–Trinajstić information content (AvgIpc) is 2.46. The Kier molecular flexibility index (Phi) is 3.58. The molecule has 1 unspecified atom stereocenters. The van der Waals surface area contributed by atoms with Gasteiger partial charge in [0, 0.05) is 38.3 Å². The van der Waals surface area contributed by atoms with Gasteiger partial charge in [-0.2, -0.15) is 0 Å². The summed E-state index contributed by atoms with van der Waals surface area (Å²) in [5.41, 5.74) is 0. The monoisotopic (exact) mass is 276 g/mol. The highest BCUT2D eigenvalue weighted by Crippen LogP contribution is 2.55. The quantitative estimate of drug-likeness (QED) is 0.781. The minimum atomic E-state index is 0.788. The number of piperazine rings is 1. The summed E-state index contributed by atoms with van der Waals surface area (Å²) in [6.07, 6.45) is 9.18. The minimum Gasteiger partial charge on any atom is -0.298 e. The first kappa shape index (κ1) is 13.6. The fraction of sp³-hybridized carbons (Fsp3) is 1.00. The smallest absolute Gasteiger partial charge is 0.0153 e. The lowest BCUT2D eigenvalue weighted by Crippen LogP contribution is -2.60. The Bertz CT molecular complexity index is 317. The molecular formula is C18H32N2. The summed E-state index contributed by atoms with van der Waals surface area (Å²) in [5.74, 6) is 4.38. The zero-order chi connectivity index (χ0) is 13.7. The van der Waals surface area contributed by atoms with Crippen molar-refractivity contribution in [1.29, 1.82) is 0 Å². The van der Waals surface area contributed by atoms with Gasteiger partial charge in [-0.1, -0.05) is 6.92 Å². The molecule has 1 heterocycles. The van der Waals surface area contributed by atoms with Crippen LogP contribution < -0.4 is 0 Å². The maximum absolute atomic E-state index is 2.91. The molecule has 114 valence electrons. The molecule has 4 saturated carbocycles. The number of nitrogens with zero attached hydrogens (tertiary/aromatic N) is 2. The van der Waals surface area contributed by atoms with E-state index in [0.717, 1.165) is 35.8 Å². The molecule has 1 saturated heterocycles. The van der Waals surface area contributed by atoms with Crippen LogP contribution in [0.4, 0.5) is 0 Å². The molecule has 0 aromatic carbocycles. The van der Waals surface area contributed by atoms with Crippen LogP contribution in [-0.2, 0) is 0 Å². The molecule has 1 atom stereocenters. The van der Waals surface area contributed by atoms with Crippen LogP contribution in [0.15, 0.2) is 0 Å². The van der Waals surface area contributed by atoms with E-state index >= 15 is 0 Å². The molecule has 5 fully saturated rings. The molecule has 0 aromatic rings. The van der Waals surface area contributed by atoms with Gasteiger partial charge in [-0.05, 0) is 69.1 Å². The predicted octanol–water partition coefficient (Wildman–Crippen LogP) is 3.23. The number of hydrogen-bond donors (Lipinski definition) is 0. The third-order valence-electron chi connectivity index (χ3n) is 7.16. The molecule has 5 rings (SSSR count). The molecule has 0 spiro atoms. The second-order valence-electron chi connectivity index (χ2n) is 8.25. The molecular weight excluding hydrogens is 244 g/mol. The first-order valence-electron chi connectivity index (χ1n) is 9.22. The number of hydrogen-bond acceptors (Lipinski definition) is 2. The van der Waals surface area contributed by atoms with Crippen molar-refractivity contribution in [2.75, 3.05) is 26.2 Å². The first-order chi connectivity index (χ1) is 9.74. The molecule has 1 aliphatic heterocycles. The van der Waals surface area contributed by atoms with Crippen LogP contribution in [-0.4, -0.2) is 48.1 Å². The molecule has 2 nitrogen and oxygen atoms in total. The van der Waals surface area contributed by atoms with Crippen LogP contribution in [0.2, 0.25) is 0 Å². The van der Waals surface area contributed by atoms with Gasteiger partial charge >= 0.3 is 0 Å². The molecule has 0 radical (unpaired) electrons. The summed E-state index contributed by atoms with van der Waals surface area (Å²) >= 11 is 0. The Morgan fingerprint density at radius 1 is 0.850 bits per heavy atom. The summed E-state index contributed by atoms with van der Waals surface area (Å²) in [4.78, 5) is 5.62. The van der Waals surface area contributed by atoms with Crippen LogP contribution in [0.3, 0.4) is 0 Å². The van der Waals surface area contributed by atoms with Gasteiger partial charge in [0.25, 0.3) is 0 Å². The van der Waals surface area contributed by atoms with E-state index in [-0.39, 0.29) is 0 Å². The third kappa shape index (κ3) is 2.23. The first-order valence-corrected chi connectivity index (χ1v) is 9.22. The van der Waals surface area contributed by atoms with Crippen molar-refractivity contribution in [3.63, 3.8) is 0 Å². The highest BCUT2D eigenvalue weighted by atomic mass is 15.3. The van der Waals surface area contributed by atoms with E-state index < -0.39 is 0 Å². The molecule has 5 aliphatic rings. The fourth-order valence-corrected chi connectivity index (χ4v) is 6.23. The zero-order valence-electron chi connectivity index (χ0n) is 13.4. The van der Waals surface area contributed by atoms with Gasteiger partial charge in [-0.25, -0.2) is 0 Å². The predicted molar refractivity (Wildman–Crippen MR) is 83.7 cm³/mol.